The zero-order valence-electron chi connectivity index (χ0n) is 19.5. The second-order valence-electron chi connectivity index (χ2n) is 8.20. The molecular formula is C22H27N6O6P. The molecule has 186 valence electrons. The molecule has 0 fully saturated rings. The Hall–Kier alpha value is -3.47. The first kappa shape index (κ1) is 24.6. The number of nitrogens with zero attached hydrogens (tertiary/aromatic N) is 4. The molecular weight excluding hydrogens is 475 g/mol. The van der Waals surface area contributed by atoms with Gasteiger partial charge >= 0.3 is 13.7 Å². The molecule has 0 amide bonds. The third kappa shape index (κ3) is 5.45. The number of para-hydroxylation sites is 1. The van der Waals surface area contributed by atoms with Crippen molar-refractivity contribution in [3.8, 4) is 11.6 Å². The molecule has 0 saturated heterocycles. The molecule has 35 heavy (non-hydrogen) atoms. The zero-order chi connectivity index (χ0) is 25.2. The van der Waals surface area contributed by atoms with Gasteiger partial charge in [-0.05, 0) is 31.9 Å². The fraction of sp³-hybridized carbons (Fsp3) is 0.364. The van der Waals surface area contributed by atoms with E-state index in [0.29, 0.717) is 29.2 Å². The maximum Gasteiger partial charge on any atom is 0.459 e. The Labute approximate surface area is 201 Å². The standard InChI is InChI=1S/C22H27N6O6P/c1-13-6-4-5-7-17(13)34-35(31,27-14(2)21(29)30)33-11-15-8-9-16(10-15)28-12-24-18-19(28)25-22(23)26-20(18)32-3/h4-9,12,14-16H,10-11H2,1-3H3,(H,27,31)(H,29,30)(H2,23,25,26)/t14?,15-,16+,35?/m1/s1. The highest BCUT2D eigenvalue weighted by atomic mass is 31.2. The van der Waals surface area contributed by atoms with Crippen LogP contribution in [0.4, 0.5) is 5.95 Å². The number of carboxylic acids is 1. The zero-order valence-corrected chi connectivity index (χ0v) is 20.4. The van der Waals surface area contributed by atoms with Crippen molar-refractivity contribution in [3.05, 3.63) is 48.3 Å². The summed E-state index contributed by atoms with van der Waals surface area (Å²) in [7, 11) is -2.52. The summed E-state index contributed by atoms with van der Waals surface area (Å²) in [6, 6.07) is 5.75. The SMILES string of the molecule is COc1nc(N)nc2c1ncn2[C@H]1C=C[C@@H](COP(=O)(NC(C)C(=O)O)Oc2ccccc2C)C1. The number of benzene rings is 1. The number of aromatic nitrogens is 4. The minimum atomic E-state index is -4.00. The molecule has 3 aromatic rings. The molecule has 0 aliphatic heterocycles. The lowest BCUT2D eigenvalue weighted by Gasteiger charge is -2.24. The quantitative estimate of drug-likeness (QED) is 0.276. The number of aryl methyl sites for hydroxylation is 1. The molecule has 1 aromatic carbocycles. The predicted octanol–water partition coefficient (Wildman–Crippen LogP) is 3.11. The van der Waals surface area contributed by atoms with E-state index in [0.717, 1.165) is 5.56 Å². The number of allylic oxidation sites excluding steroid dienone is 1. The smallest absolute Gasteiger partial charge is 0.459 e. The van der Waals surface area contributed by atoms with Gasteiger partial charge in [-0.15, -0.1) is 0 Å². The van der Waals surface area contributed by atoms with Crippen LogP contribution in [0.15, 0.2) is 42.7 Å². The van der Waals surface area contributed by atoms with Gasteiger partial charge in [-0.2, -0.15) is 15.1 Å². The molecule has 12 nitrogen and oxygen atoms in total. The van der Waals surface area contributed by atoms with E-state index < -0.39 is 19.8 Å². The summed E-state index contributed by atoms with van der Waals surface area (Å²) in [5.74, 6) is -0.579. The summed E-state index contributed by atoms with van der Waals surface area (Å²) < 4.78 is 32.0. The number of hydrogen-bond acceptors (Lipinski definition) is 9. The number of carbonyl (C=O) groups is 1. The fourth-order valence-electron chi connectivity index (χ4n) is 3.74. The Morgan fingerprint density at radius 3 is 2.83 bits per heavy atom. The predicted molar refractivity (Wildman–Crippen MR) is 128 cm³/mol. The lowest BCUT2D eigenvalue weighted by Crippen LogP contribution is -2.33. The molecule has 2 unspecified atom stereocenters. The first-order chi connectivity index (χ1) is 16.7. The van der Waals surface area contributed by atoms with Crippen molar-refractivity contribution in [1.82, 2.24) is 24.6 Å². The van der Waals surface area contributed by atoms with Gasteiger partial charge in [-0.25, -0.2) is 9.55 Å². The molecule has 4 rings (SSSR count). The third-order valence-electron chi connectivity index (χ3n) is 5.60. The monoisotopic (exact) mass is 502 g/mol. The Bertz CT molecular complexity index is 1310. The summed E-state index contributed by atoms with van der Waals surface area (Å²) in [6.45, 7) is 3.21. The van der Waals surface area contributed by atoms with Crippen LogP contribution in [-0.4, -0.2) is 50.4 Å². The van der Waals surface area contributed by atoms with Gasteiger partial charge in [0.05, 0.1) is 26.1 Å². The number of aliphatic carboxylic acids is 1. The lowest BCUT2D eigenvalue weighted by atomic mass is 10.1. The number of nitrogen functional groups attached to an aromatic ring is 1. The molecule has 0 saturated carbocycles. The summed E-state index contributed by atoms with van der Waals surface area (Å²) in [4.78, 5) is 24.1. The number of hydrogen-bond donors (Lipinski definition) is 3. The highest BCUT2D eigenvalue weighted by molar-refractivity contribution is 7.52. The van der Waals surface area contributed by atoms with Crippen LogP contribution >= 0.6 is 7.75 Å². The first-order valence-corrected chi connectivity index (χ1v) is 12.5. The van der Waals surface area contributed by atoms with Gasteiger partial charge in [0.2, 0.25) is 11.8 Å². The number of nitrogens with one attached hydrogen (secondary N) is 1. The van der Waals surface area contributed by atoms with Crippen molar-refractivity contribution >= 4 is 30.8 Å². The number of fused-ring (bicyclic) bond motifs is 1. The number of imidazole rings is 1. The number of nitrogens with two attached hydrogens (primary N) is 1. The molecule has 0 radical (unpaired) electrons. The van der Waals surface area contributed by atoms with Crippen LogP contribution in [0.1, 0.15) is 24.9 Å². The minimum Gasteiger partial charge on any atom is -0.480 e. The molecule has 2 heterocycles. The fourth-order valence-corrected chi connectivity index (χ4v) is 5.36. The van der Waals surface area contributed by atoms with Crippen molar-refractivity contribution in [3.63, 3.8) is 0 Å². The number of rotatable bonds is 10. The van der Waals surface area contributed by atoms with Crippen molar-refractivity contribution in [1.29, 1.82) is 0 Å². The number of ether oxygens (including phenoxy) is 1. The molecule has 0 spiro atoms. The Morgan fingerprint density at radius 1 is 1.34 bits per heavy atom. The highest BCUT2D eigenvalue weighted by Crippen LogP contribution is 2.47. The van der Waals surface area contributed by atoms with Crippen LogP contribution in [0.5, 0.6) is 11.6 Å². The second kappa shape index (κ2) is 10.0. The van der Waals surface area contributed by atoms with Gasteiger partial charge in [0.15, 0.2) is 11.2 Å². The van der Waals surface area contributed by atoms with Crippen molar-refractivity contribution in [2.75, 3.05) is 19.5 Å². The highest BCUT2D eigenvalue weighted by Gasteiger charge is 2.34. The average molecular weight is 502 g/mol. The van der Waals surface area contributed by atoms with E-state index in [1.54, 1.807) is 31.5 Å². The largest absolute Gasteiger partial charge is 0.480 e. The maximum absolute atomic E-state index is 13.5. The summed E-state index contributed by atoms with van der Waals surface area (Å²) >= 11 is 0. The van der Waals surface area contributed by atoms with Crippen LogP contribution in [0.25, 0.3) is 11.2 Å². The van der Waals surface area contributed by atoms with Crippen LogP contribution in [0, 0.1) is 12.8 Å². The minimum absolute atomic E-state index is 0.0442. The van der Waals surface area contributed by atoms with Gasteiger partial charge in [-0.1, -0.05) is 30.4 Å². The number of carboxylic acid groups (broad SMARTS) is 1. The third-order valence-corrected chi connectivity index (χ3v) is 7.23. The molecule has 4 atom stereocenters. The topological polar surface area (TPSA) is 164 Å². The Balaban J connectivity index is 1.48. The molecule has 0 bridgehead atoms. The molecule has 1 aliphatic carbocycles. The Morgan fingerprint density at radius 2 is 2.11 bits per heavy atom. The summed E-state index contributed by atoms with van der Waals surface area (Å²) in [5, 5.41) is 11.8. The molecule has 4 N–H and O–H groups in total. The van der Waals surface area contributed by atoms with E-state index >= 15 is 0 Å². The molecule has 13 heteroatoms. The van der Waals surface area contributed by atoms with Crippen molar-refractivity contribution < 1.29 is 28.3 Å². The van der Waals surface area contributed by atoms with Crippen LogP contribution in [0.3, 0.4) is 0 Å². The lowest BCUT2D eigenvalue weighted by molar-refractivity contribution is -0.138. The van der Waals surface area contributed by atoms with Crippen molar-refractivity contribution in [2.45, 2.75) is 32.4 Å². The van der Waals surface area contributed by atoms with E-state index in [-0.39, 0.29) is 24.5 Å². The Kier molecular flexibility index (Phi) is 7.06. The van der Waals surface area contributed by atoms with Gasteiger partial charge < -0.3 is 24.7 Å². The summed E-state index contributed by atoms with van der Waals surface area (Å²) in [6.07, 6.45) is 6.16. The normalized spacial score (nSPS) is 20.0. The van der Waals surface area contributed by atoms with Crippen LogP contribution in [0.2, 0.25) is 0 Å². The average Bonchev–Trinajstić information content (AvgIpc) is 3.45. The van der Waals surface area contributed by atoms with Gasteiger partial charge in [-0.3, -0.25) is 9.32 Å². The molecule has 2 aromatic heterocycles. The molecule has 1 aliphatic rings. The van der Waals surface area contributed by atoms with Gasteiger partial charge in [0.25, 0.3) is 0 Å². The number of anilines is 1. The van der Waals surface area contributed by atoms with E-state index in [2.05, 4.69) is 20.0 Å². The van der Waals surface area contributed by atoms with Crippen molar-refractivity contribution in [2.24, 2.45) is 5.92 Å². The summed E-state index contributed by atoms with van der Waals surface area (Å²) in [5.41, 5.74) is 7.59. The van der Waals surface area contributed by atoms with E-state index in [9.17, 15) is 14.5 Å². The number of methoxy groups -OCH3 is 1. The van der Waals surface area contributed by atoms with E-state index in [1.165, 1.54) is 14.0 Å². The van der Waals surface area contributed by atoms with Gasteiger partial charge in [0.1, 0.15) is 11.8 Å². The second-order valence-corrected chi connectivity index (χ2v) is 9.90. The maximum atomic E-state index is 13.5. The van der Waals surface area contributed by atoms with Gasteiger partial charge in [0, 0.05) is 5.92 Å². The first-order valence-electron chi connectivity index (χ1n) is 10.9. The van der Waals surface area contributed by atoms with E-state index in [4.69, 9.17) is 19.5 Å². The van der Waals surface area contributed by atoms with Crippen LogP contribution < -0.4 is 20.1 Å². The van der Waals surface area contributed by atoms with E-state index in [1.807, 2.05) is 22.8 Å². The van der Waals surface area contributed by atoms with Crippen LogP contribution in [-0.2, 0) is 13.9 Å².